The first kappa shape index (κ1) is 18.5. The highest BCUT2D eigenvalue weighted by atomic mass is 32.1. The molecular formula is C20H19N5OS2. The summed E-state index contributed by atoms with van der Waals surface area (Å²) in [7, 11) is 0. The Labute approximate surface area is 170 Å². The lowest BCUT2D eigenvalue weighted by Gasteiger charge is -2.11. The lowest BCUT2D eigenvalue weighted by Crippen LogP contribution is -2.27. The van der Waals surface area contributed by atoms with E-state index in [1.165, 1.54) is 11.3 Å². The summed E-state index contributed by atoms with van der Waals surface area (Å²) in [5, 5.41) is 8.71. The Morgan fingerprint density at radius 3 is 2.82 bits per heavy atom. The zero-order chi connectivity index (χ0) is 19.7. The molecular weight excluding hydrogens is 390 g/mol. The van der Waals surface area contributed by atoms with Gasteiger partial charge < -0.3 is 5.32 Å². The highest BCUT2D eigenvalue weighted by Crippen LogP contribution is 2.26. The van der Waals surface area contributed by atoms with E-state index < -0.39 is 0 Å². The molecule has 4 aromatic rings. The highest BCUT2D eigenvalue weighted by molar-refractivity contribution is 7.12. The van der Waals surface area contributed by atoms with E-state index in [4.69, 9.17) is 0 Å². The monoisotopic (exact) mass is 409 g/mol. The Bertz CT molecular complexity index is 1100. The van der Waals surface area contributed by atoms with Crippen LogP contribution in [0.1, 0.15) is 39.7 Å². The molecule has 0 spiro atoms. The number of rotatable bonds is 5. The third kappa shape index (κ3) is 3.48. The average Bonchev–Trinajstić information content (AvgIpc) is 3.43. The summed E-state index contributed by atoms with van der Waals surface area (Å²) < 4.78 is 2.01. The molecule has 6 nitrogen and oxygen atoms in total. The summed E-state index contributed by atoms with van der Waals surface area (Å²) in [6, 6.07) is 5.58. The van der Waals surface area contributed by atoms with Gasteiger partial charge in [0.2, 0.25) is 0 Å². The Morgan fingerprint density at radius 2 is 2.11 bits per heavy atom. The topological polar surface area (TPSA) is 72.7 Å². The fraction of sp³-hybridized carbons (Fsp3) is 0.200. The zero-order valence-corrected chi connectivity index (χ0v) is 17.3. The first-order valence-electron chi connectivity index (χ1n) is 8.80. The summed E-state index contributed by atoms with van der Waals surface area (Å²) in [6.45, 7) is 5.87. The second-order valence-corrected chi connectivity index (χ2v) is 8.21. The minimum absolute atomic E-state index is 0.110. The van der Waals surface area contributed by atoms with Crippen molar-refractivity contribution in [3.05, 3.63) is 69.5 Å². The van der Waals surface area contributed by atoms with E-state index in [2.05, 4.69) is 20.3 Å². The van der Waals surface area contributed by atoms with Crippen molar-refractivity contribution >= 4 is 28.6 Å². The molecule has 4 rings (SSSR count). The number of carbonyl (C=O) groups is 1. The number of hydrogen-bond acceptors (Lipinski definition) is 6. The molecule has 4 heterocycles. The molecule has 4 aromatic heterocycles. The molecule has 0 aliphatic heterocycles. The van der Waals surface area contributed by atoms with E-state index in [-0.39, 0.29) is 11.9 Å². The standard InChI is InChI=1S/C20H19N5OS2/c1-12-9-16(14(3)25(12)20-22-7-8-27-20)18(26)23-13(2)19-24-17(11-28-19)15-5-4-6-21-10-15/h4-11,13H,1-3H3,(H,23,26). The molecule has 28 heavy (non-hydrogen) atoms. The molecule has 142 valence electrons. The first-order valence-corrected chi connectivity index (χ1v) is 10.6. The van der Waals surface area contributed by atoms with E-state index in [1.807, 2.05) is 54.3 Å². The van der Waals surface area contributed by atoms with Gasteiger partial charge in [-0.25, -0.2) is 9.97 Å². The Balaban J connectivity index is 1.53. The van der Waals surface area contributed by atoms with Crippen LogP contribution in [-0.2, 0) is 0 Å². The largest absolute Gasteiger partial charge is 0.343 e. The van der Waals surface area contributed by atoms with Gasteiger partial charge in [-0.05, 0) is 39.0 Å². The van der Waals surface area contributed by atoms with Crippen molar-refractivity contribution in [2.45, 2.75) is 26.8 Å². The number of thiazole rings is 2. The van der Waals surface area contributed by atoms with Crippen LogP contribution in [0.2, 0.25) is 0 Å². The SMILES string of the molecule is Cc1cc(C(=O)NC(C)c2nc(-c3cccnc3)cs2)c(C)n1-c1nccs1. The van der Waals surface area contributed by atoms with Crippen LogP contribution in [0.3, 0.4) is 0 Å². The lowest BCUT2D eigenvalue weighted by molar-refractivity contribution is 0.0939. The molecule has 0 aliphatic rings. The van der Waals surface area contributed by atoms with Crippen molar-refractivity contribution in [1.82, 2.24) is 24.8 Å². The molecule has 1 N–H and O–H groups in total. The van der Waals surface area contributed by atoms with Gasteiger partial charge in [0.15, 0.2) is 5.13 Å². The van der Waals surface area contributed by atoms with E-state index in [0.29, 0.717) is 5.56 Å². The quantitative estimate of drug-likeness (QED) is 0.524. The van der Waals surface area contributed by atoms with E-state index in [0.717, 1.165) is 32.8 Å². The van der Waals surface area contributed by atoms with Crippen molar-refractivity contribution < 1.29 is 4.79 Å². The Kier molecular flexibility index (Phi) is 5.06. The number of carbonyl (C=O) groups excluding carboxylic acids is 1. The third-order valence-electron chi connectivity index (χ3n) is 4.48. The molecule has 0 saturated carbocycles. The number of nitrogens with one attached hydrogen (secondary N) is 1. The third-order valence-corrected chi connectivity index (χ3v) is 6.27. The second kappa shape index (κ2) is 7.65. The maximum Gasteiger partial charge on any atom is 0.253 e. The predicted octanol–water partition coefficient (Wildman–Crippen LogP) is 4.56. The highest BCUT2D eigenvalue weighted by Gasteiger charge is 2.20. The number of hydrogen-bond donors (Lipinski definition) is 1. The van der Waals surface area contributed by atoms with Crippen LogP contribution in [0.4, 0.5) is 0 Å². The van der Waals surface area contributed by atoms with Crippen molar-refractivity contribution in [3.8, 4) is 16.4 Å². The minimum atomic E-state index is -0.189. The van der Waals surface area contributed by atoms with Crippen molar-refractivity contribution in [2.75, 3.05) is 0 Å². The molecule has 1 atom stereocenters. The van der Waals surface area contributed by atoms with Gasteiger partial charge in [0.05, 0.1) is 17.3 Å². The van der Waals surface area contributed by atoms with Crippen LogP contribution >= 0.6 is 22.7 Å². The molecule has 0 aliphatic carbocycles. The molecule has 1 unspecified atom stereocenters. The van der Waals surface area contributed by atoms with Crippen molar-refractivity contribution in [1.29, 1.82) is 0 Å². The molecule has 0 fully saturated rings. The van der Waals surface area contributed by atoms with Gasteiger partial charge in [-0.3, -0.25) is 14.3 Å². The predicted molar refractivity (Wildman–Crippen MR) is 112 cm³/mol. The number of nitrogens with zero attached hydrogens (tertiary/aromatic N) is 4. The van der Waals surface area contributed by atoms with Gasteiger partial charge in [-0.2, -0.15) is 0 Å². The van der Waals surface area contributed by atoms with Crippen LogP contribution in [0.15, 0.2) is 47.5 Å². The fourth-order valence-corrected chi connectivity index (χ4v) is 4.67. The minimum Gasteiger partial charge on any atom is -0.343 e. The maximum absolute atomic E-state index is 12.9. The summed E-state index contributed by atoms with van der Waals surface area (Å²) in [6.07, 6.45) is 5.29. The zero-order valence-electron chi connectivity index (χ0n) is 15.7. The van der Waals surface area contributed by atoms with Gasteiger partial charge in [-0.15, -0.1) is 22.7 Å². The summed E-state index contributed by atoms with van der Waals surface area (Å²) >= 11 is 3.08. The lowest BCUT2D eigenvalue weighted by atomic mass is 10.2. The average molecular weight is 410 g/mol. The Hall–Kier alpha value is -2.84. The van der Waals surface area contributed by atoms with Crippen LogP contribution < -0.4 is 5.32 Å². The Morgan fingerprint density at radius 1 is 1.25 bits per heavy atom. The van der Waals surface area contributed by atoms with Crippen LogP contribution in [0, 0.1) is 13.8 Å². The van der Waals surface area contributed by atoms with E-state index in [1.54, 1.807) is 29.9 Å². The van der Waals surface area contributed by atoms with E-state index >= 15 is 0 Å². The first-order chi connectivity index (χ1) is 13.5. The number of aryl methyl sites for hydroxylation is 1. The number of amides is 1. The molecule has 1 amide bonds. The normalized spacial score (nSPS) is 12.1. The summed E-state index contributed by atoms with van der Waals surface area (Å²) in [4.78, 5) is 26.0. The van der Waals surface area contributed by atoms with Crippen molar-refractivity contribution in [2.24, 2.45) is 0 Å². The fourth-order valence-electron chi connectivity index (χ4n) is 3.08. The maximum atomic E-state index is 12.9. The van der Waals surface area contributed by atoms with Gasteiger partial charge in [0.1, 0.15) is 5.01 Å². The number of aromatic nitrogens is 4. The van der Waals surface area contributed by atoms with Crippen LogP contribution in [0.25, 0.3) is 16.4 Å². The van der Waals surface area contributed by atoms with Gasteiger partial charge in [0.25, 0.3) is 5.91 Å². The van der Waals surface area contributed by atoms with Crippen LogP contribution in [0.5, 0.6) is 0 Å². The molecule has 8 heteroatoms. The van der Waals surface area contributed by atoms with Gasteiger partial charge >= 0.3 is 0 Å². The summed E-state index contributed by atoms with van der Waals surface area (Å²) in [5.74, 6) is -0.110. The van der Waals surface area contributed by atoms with Crippen LogP contribution in [-0.4, -0.2) is 25.4 Å². The van der Waals surface area contributed by atoms with E-state index in [9.17, 15) is 4.79 Å². The summed E-state index contributed by atoms with van der Waals surface area (Å²) in [5.41, 5.74) is 4.36. The van der Waals surface area contributed by atoms with Gasteiger partial charge in [0, 0.05) is 46.3 Å². The number of pyridine rings is 1. The molecule has 0 saturated heterocycles. The smallest absolute Gasteiger partial charge is 0.253 e. The van der Waals surface area contributed by atoms with Gasteiger partial charge in [-0.1, -0.05) is 0 Å². The second-order valence-electron chi connectivity index (χ2n) is 6.44. The molecule has 0 bridgehead atoms. The molecule has 0 aromatic carbocycles. The molecule has 0 radical (unpaired) electrons. The van der Waals surface area contributed by atoms with Crippen molar-refractivity contribution in [3.63, 3.8) is 0 Å².